The van der Waals surface area contributed by atoms with Gasteiger partial charge in [0, 0.05) is 28.0 Å². The summed E-state index contributed by atoms with van der Waals surface area (Å²) in [6.07, 6.45) is 2.07. The minimum absolute atomic E-state index is 0.0137. The number of pyridine rings is 1. The van der Waals surface area contributed by atoms with Crippen LogP contribution in [0.2, 0.25) is 0 Å². The van der Waals surface area contributed by atoms with Crippen LogP contribution in [0.25, 0.3) is 44.3 Å². The number of aromatic nitrogens is 1. The summed E-state index contributed by atoms with van der Waals surface area (Å²) in [5.41, 5.74) is 7.82. The maximum absolute atomic E-state index is 9.83. The number of benzene rings is 3. The lowest BCUT2D eigenvalue weighted by molar-refractivity contribution is -0.660. The highest BCUT2D eigenvalue weighted by Crippen LogP contribution is 2.42. The summed E-state index contributed by atoms with van der Waals surface area (Å²) < 4.78 is 50.0. The monoisotopic (exact) mass is 422 g/mol. The van der Waals surface area contributed by atoms with Gasteiger partial charge in [0.25, 0.3) is 0 Å². The van der Waals surface area contributed by atoms with Gasteiger partial charge in [-0.3, -0.25) is 0 Å². The molecule has 0 atom stereocenters. The molecule has 0 N–H and O–H groups in total. The smallest absolute Gasteiger partial charge is 0.216 e. The molecule has 0 amide bonds. The number of hydrogen-bond donors (Lipinski definition) is 0. The molecular formula is C29H25N2O+. The minimum atomic E-state index is -0.466. The zero-order valence-electron chi connectivity index (χ0n) is 23.7. The van der Waals surface area contributed by atoms with Crippen LogP contribution in [0.5, 0.6) is 0 Å². The van der Waals surface area contributed by atoms with E-state index < -0.39 is 18.1 Å². The van der Waals surface area contributed by atoms with E-state index in [2.05, 4.69) is 42.8 Å². The first-order chi connectivity index (χ1) is 17.5. The normalized spacial score (nSPS) is 13.4. The largest absolute Gasteiger partial charge is 0.454 e. The zero-order valence-corrected chi connectivity index (χ0v) is 18.7. The molecule has 0 saturated carbocycles. The predicted molar refractivity (Wildman–Crippen MR) is 129 cm³/mol. The van der Waals surface area contributed by atoms with Crippen LogP contribution < -0.4 is 4.57 Å². The molecule has 5 aromatic rings. The van der Waals surface area contributed by atoms with Gasteiger partial charge in [0.15, 0.2) is 6.20 Å². The van der Waals surface area contributed by atoms with Gasteiger partial charge in [0.1, 0.15) is 18.2 Å². The van der Waals surface area contributed by atoms with Crippen molar-refractivity contribution in [3.63, 3.8) is 0 Å². The Labute approximate surface area is 195 Å². The highest BCUT2D eigenvalue weighted by atomic mass is 16.3. The third kappa shape index (κ3) is 2.99. The number of furan rings is 1. The van der Waals surface area contributed by atoms with E-state index in [0.717, 1.165) is 33.3 Å². The number of nitrogens with zero attached hydrogens (tertiary/aromatic N) is 2. The average Bonchev–Trinajstić information content (AvgIpc) is 3.24. The first kappa shape index (κ1) is 15.0. The Morgan fingerprint density at radius 2 is 1.62 bits per heavy atom. The first-order valence-electron chi connectivity index (χ1n) is 12.9. The standard InChI is InChI=1S/C29H25N2O/c1-17-12-25(31(5)16-20(17)4)27-19(3)11-18(2)26-24-14-21(15-30)13-23(28(24)32-29(26)27)22-9-7-6-8-10-22/h6-14,16H,1-5H3/q+1/i6D,7D,8D,9D,10D. The van der Waals surface area contributed by atoms with Crippen LogP contribution in [-0.2, 0) is 7.05 Å². The van der Waals surface area contributed by atoms with Crippen molar-refractivity contribution in [3.8, 4) is 28.5 Å². The topological polar surface area (TPSA) is 40.8 Å². The van der Waals surface area contributed by atoms with Crippen LogP contribution in [0.4, 0.5) is 0 Å². The van der Waals surface area contributed by atoms with Crippen LogP contribution in [0.1, 0.15) is 34.7 Å². The Bertz CT molecular complexity index is 1820. The molecule has 0 aliphatic heterocycles. The fourth-order valence-corrected chi connectivity index (χ4v) is 4.50. The average molecular weight is 423 g/mol. The first-order valence-corrected chi connectivity index (χ1v) is 10.4. The van der Waals surface area contributed by atoms with Gasteiger partial charge < -0.3 is 4.42 Å². The summed E-state index contributed by atoms with van der Waals surface area (Å²) in [4.78, 5) is 0. The van der Waals surface area contributed by atoms with Gasteiger partial charge in [-0.15, -0.1) is 0 Å². The van der Waals surface area contributed by atoms with Crippen LogP contribution in [-0.4, -0.2) is 0 Å². The molecule has 156 valence electrons. The van der Waals surface area contributed by atoms with Crippen LogP contribution in [0, 0.1) is 39.0 Å². The van der Waals surface area contributed by atoms with E-state index in [4.69, 9.17) is 11.3 Å². The lowest BCUT2D eigenvalue weighted by Gasteiger charge is -2.09. The van der Waals surface area contributed by atoms with Crippen molar-refractivity contribution < 1.29 is 15.8 Å². The third-order valence-corrected chi connectivity index (χ3v) is 6.14. The van der Waals surface area contributed by atoms with E-state index in [1.807, 2.05) is 20.9 Å². The van der Waals surface area contributed by atoms with E-state index >= 15 is 0 Å². The van der Waals surface area contributed by atoms with E-state index in [-0.39, 0.29) is 17.6 Å². The van der Waals surface area contributed by atoms with E-state index in [1.54, 1.807) is 6.07 Å². The van der Waals surface area contributed by atoms with Crippen molar-refractivity contribution in [2.24, 2.45) is 7.05 Å². The fraction of sp³-hybridized carbons (Fsp3) is 0.172. The number of hydrogen-bond acceptors (Lipinski definition) is 2. The lowest BCUT2D eigenvalue weighted by Crippen LogP contribution is -2.31. The third-order valence-electron chi connectivity index (χ3n) is 6.14. The van der Waals surface area contributed by atoms with Gasteiger partial charge in [-0.2, -0.15) is 5.26 Å². The molecule has 0 unspecified atom stereocenters. The van der Waals surface area contributed by atoms with Gasteiger partial charge in [0.05, 0.1) is 24.0 Å². The van der Waals surface area contributed by atoms with Crippen molar-refractivity contribution in [1.29, 1.82) is 5.26 Å². The molecule has 0 saturated heterocycles. The predicted octanol–water partition coefficient (Wildman–Crippen LogP) is 6.85. The molecule has 0 bridgehead atoms. The van der Waals surface area contributed by atoms with Crippen LogP contribution in [0.3, 0.4) is 0 Å². The number of rotatable bonds is 2. The van der Waals surface area contributed by atoms with Crippen molar-refractivity contribution in [2.75, 3.05) is 0 Å². The molecule has 0 spiro atoms. The van der Waals surface area contributed by atoms with Gasteiger partial charge in [-0.25, -0.2) is 4.57 Å². The summed E-state index contributed by atoms with van der Waals surface area (Å²) in [6, 6.07) is 7.65. The molecule has 32 heavy (non-hydrogen) atoms. The number of nitriles is 1. The molecule has 0 fully saturated rings. The van der Waals surface area contributed by atoms with E-state index in [0.29, 0.717) is 27.7 Å². The molecular weight excluding hydrogens is 392 g/mol. The second-order valence-corrected chi connectivity index (χ2v) is 8.34. The van der Waals surface area contributed by atoms with Gasteiger partial charge in [0.2, 0.25) is 5.69 Å². The molecule has 2 heterocycles. The van der Waals surface area contributed by atoms with Crippen molar-refractivity contribution in [1.82, 2.24) is 0 Å². The summed E-state index contributed by atoms with van der Waals surface area (Å²) in [6.45, 7) is 8.14. The highest BCUT2D eigenvalue weighted by molar-refractivity contribution is 6.15. The van der Waals surface area contributed by atoms with E-state index in [9.17, 15) is 5.26 Å². The Morgan fingerprint density at radius 3 is 2.34 bits per heavy atom. The van der Waals surface area contributed by atoms with Crippen LogP contribution >= 0.6 is 0 Å². The SMILES string of the molecule is [2H]c1c([2H])c([2H])c(-c2cc(C#N)cc3c2oc2c(-c4cc(C)c(C)c[n+]4C)c(C)cc(C)c23)c([2H])c1[2H]. The summed E-state index contributed by atoms with van der Waals surface area (Å²) >= 11 is 0. The van der Waals surface area contributed by atoms with E-state index in [1.165, 1.54) is 11.6 Å². The summed E-state index contributed by atoms with van der Waals surface area (Å²) in [5, 5.41) is 11.3. The second-order valence-electron chi connectivity index (χ2n) is 8.34. The molecule has 0 aliphatic carbocycles. The lowest BCUT2D eigenvalue weighted by atomic mass is 9.94. The maximum atomic E-state index is 9.83. The van der Waals surface area contributed by atoms with Gasteiger partial charge >= 0.3 is 0 Å². The van der Waals surface area contributed by atoms with Gasteiger partial charge in [-0.05, 0) is 62.1 Å². The molecule has 3 aromatic carbocycles. The molecule has 2 aromatic heterocycles. The Kier molecular flexibility index (Phi) is 3.45. The fourth-order valence-electron chi connectivity index (χ4n) is 4.50. The van der Waals surface area contributed by atoms with Crippen LogP contribution in [0.15, 0.2) is 65.1 Å². The molecule has 5 rings (SSSR count). The zero-order chi connectivity index (χ0) is 26.9. The molecule has 3 nitrogen and oxygen atoms in total. The van der Waals surface area contributed by atoms with Crippen molar-refractivity contribution >= 4 is 21.9 Å². The van der Waals surface area contributed by atoms with Gasteiger partial charge in [-0.1, -0.05) is 36.3 Å². The Balaban J connectivity index is 2.00. The summed E-state index contributed by atoms with van der Waals surface area (Å²) in [7, 11) is 1.99. The van der Waals surface area contributed by atoms with Crippen molar-refractivity contribution in [3.05, 3.63) is 88.5 Å². The Morgan fingerprint density at radius 1 is 0.875 bits per heavy atom. The Hall–Kier alpha value is -3.90. The summed E-state index contributed by atoms with van der Waals surface area (Å²) in [5.74, 6) is 0. The highest BCUT2D eigenvalue weighted by Gasteiger charge is 2.24. The molecule has 0 aliphatic rings. The molecule has 0 radical (unpaired) electrons. The number of aryl methyl sites for hydroxylation is 5. The molecule has 3 heteroatoms. The quantitative estimate of drug-likeness (QED) is 0.292. The minimum Gasteiger partial charge on any atom is -0.454 e. The number of fused-ring (bicyclic) bond motifs is 3. The van der Waals surface area contributed by atoms with Crippen molar-refractivity contribution in [2.45, 2.75) is 27.7 Å². The second kappa shape index (κ2) is 7.35. The maximum Gasteiger partial charge on any atom is 0.216 e.